The van der Waals surface area contributed by atoms with Gasteiger partial charge in [-0.2, -0.15) is 0 Å². The van der Waals surface area contributed by atoms with E-state index in [1.807, 2.05) is 0 Å². The fourth-order valence-electron chi connectivity index (χ4n) is 2.76. The van der Waals surface area contributed by atoms with Crippen molar-refractivity contribution >= 4 is 47.8 Å². The smallest absolute Gasteiger partial charge is 0.125 e. The van der Waals surface area contributed by atoms with E-state index in [2.05, 4.69) is 66.8 Å². The Morgan fingerprint density at radius 3 is 2.63 bits per heavy atom. The first-order valence-electron chi connectivity index (χ1n) is 6.70. The van der Waals surface area contributed by atoms with Crippen LogP contribution >= 0.6 is 47.8 Å². The lowest BCUT2D eigenvalue weighted by molar-refractivity contribution is 0.327. The van der Waals surface area contributed by atoms with E-state index in [1.165, 1.54) is 28.4 Å². The van der Waals surface area contributed by atoms with Gasteiger partial charge in [0, 0.05) is 21.6 Å². The van der Waals surface area contributed by atoms with E-state index in [1.54, 1.807) is 0 Å². The van der Waals surface area contributed by atoms with Gasteiger partial charge in [0.1, 0.15) is 5.75 Å². The number of halogens is 3. The van der Waals surface area contributed by atoms with Crippen LogP contribution in [0.2, 0.25) is 0 Å². The van der Waals surface area contributed by atoms with Crippen LogP contribution in [-0.2, 0) is 12.8 Å². The summed E-state index contributed by atoms with van der Waals surface area (Å²) in [6.45, 7) is 3.07. The van der Waals surface area contributed by atoms with Gasteiger partial charge in [-0.15, -0.1) is 0 Å². The monoisotopic (exact) mass is 452 g/mol. The lowest BCUT2D eigenvalue weighted by Crippen LogP contribution is -2.27. The Kier molecular flexibility index (Phi) is 5.79. The third-order valence-electron chi connectivity index (χ3n) is 3.74. The molecule has 0 aromatic heterocycles. The van der Waals surface area contributed by atoms with Crippen LogP contribution in [0.25, 0.3) is 0 Å². The summed E-state index contributed by atoms with van der Waals surface area (Å²) in [6.07, 6.45) is 4.50. The highest BCUT2D eigenvalue weighted by atomic mass is 79.9. The molecule has 1 heterocycles. The fourth-order valence-corrected chi connectivity index (χ4v) is 5.20. The number of fused-ring (bicyclic) bond motifs is 1. The van der Waals surface area contributed by atoms with Gasteiger partial charge < -0.3 is 4.74 Å². The molecule has 0 N–H and O–H groups in total. The van der Waals surface area contributed by atoms with Crippen LogP contribution in [0.3, 0.4) is 0 Å². The summed E-state index contributed by atoms with van der Waals surface area (Å²) >= 11 is 11.0. The maximum Gasteiger partial charge on any atom is 0.125 e. The van der Waals surface area contributed by atoms with E-state index >= 15 is 0 Å². The van der Waals surface area contributed by atoms with E-state index in [4.69, 9.17) is 4.74 Å². The van der Waals surface area contributed by atoms with Crippen molar-refractivity contribution in [1.82, 2.24) is 0 Å². The molecule has 0 aliphatic carbocycles. The van der Waals surface area contributed by atoms with Crippen LogP contribution in [-0.4, -0.2) is 17.3 Å². The van der Waals surface area contributed by atoms with Crippen LogP contribution < -0.4 is 4.74 Å². The van der Waals surface area contributed by atoms with E-state index in [0.29, 0.717) is 0 Å². The van der Waals surface area contributed by atoms with Crippen molar-refractivity contribution in [2.45, 2.75) is 32.6 Å². The van der Waals surface area contributed by atoms with Gasteiger partial charge in [0.15, 0.2) is 0 Å². The molecule has 0 fully saturated rings. The number of ether oxygens (including phenoxy) is 1. The lowest BCUT2D eigenvalue weighted by atomic mass is 9.81. The van der Waals surface area contributed by atoms with Gasteiger partial charge in [-0.05, 0) is 41.5 Å². The first kappa shape index (κ1) is 15.8. The highest BCUT2D eigenvalue weighted by Crippen LogP contribution is 2.40. The average molecular weight is 455 g/mol. The summed E-state index contributed by atoms with van der Waals surface area (Å²) in [7, 11) is 0. The number of alkyl halides is 2. The largest absolute Gasteiger partial charge is 0.493 e. The van der Waals surface area contributed by atoms with E-state index in [9.17, 15) is 0 Å². The first-order chi connectivity index (χ1) is 9.14. The lowest BCUT2D eigenvalue weighted by Gasteiger charge is -2.30. The molecule has 4 heteroatoms. The minimum atomic E-state index is 0.273. The Bertz CT molecular complexity index is 441. The molecule has 0 unspecified atom stereocenters. The number of hydrogen-bond acceptors (Lipinski definition) is 1. The molecule has 19 heavy (non-hydrogen) atoms. The molecule has 0 atom stereocenters. The third-order valence-corrected chi connectivity index (χ3v) is 6.57. The Labute approximate surface area is 140 Å². The number of hydrogen-bond donors (Lipinski definition) is 0. The van der Waals surface area contributed by atoms with Crippen molar-refractivity contribution < 1.29 is 4.74 Å². The SMILES string of the molecule is CCCC(CBr)(CBr)Cc1cc(Br)cc2c1OCC2. The zero-order valence-corrected chi connectivity index (χ0v) is 15.9. The van der Waals surface area contributed by atoms with Gasteiger partial charge in [0.05, 0.1) is 6.61 Å². The molecular weight excluding hydrogens is 436 g/mol. The summed E-state index contributed by atoms with van der Waals surface area (Å²) in [5.41, 5.74) is 2.96. The Morgan fingerprint density at radius 2 is 2.00 bits per heavy atom. The van der Waals surface area contributed by atoms with Crippen molar-refractivity contribution in [1.29, 1.82) is 0 Å². The molecule has 0 saturated heterocycles. The molecule has 0 spiro atoms. The molecule has 1 aliphatic heterocycles. The molecule has 0 amide bonds. The second-order valence-corrected chi connectivity index (χ2v) is 7.38. The highest BCUT2D eigenvalue weighted by molar-refractivity contribution is 9.10. The molecule has 0 saturated carbocycles. The predicted molar refractivity (Wildman–Crippen MR) is 92.0 cm³/mol. The van der Waals surface area contributed by atoms with E-state index in [-0.39, 0.29) is 5.41 Å². The number of benzene rings is 1. The van der Waals surface area contributed by atoms with Crippen LogP contribution in [0.4, 0.5) is 0 Å². The van der Waals surface area contributed by atoms with Crippen molar-refractivity contribution in [2.24, 2.45) is 5.41 Å². The number of rotatable bonds is 6. The zero-order chi connectivity index (χ0) is 13.9. The predicted octanol–water partition coefficient (Wildman–Crippen LogP) is 5.50. The summed E-state index contributed by atoms with van der Waals surface area (Å²) < 4.78 is 7.01. The Hall–Kier alpha value is 0.460. The van der Waals surface area contributed by atoms with Crippen molar-refractivity contribution in [3.63, 3.8) is 0 Å². The van der Waals surface area contributed by atoms with Crippen molar-refractivity contribution in [3.8, 4) is 5.75 Å². The van der Waals surface area contributed by atoms with E-state index in [0.717, 1.165) is 35.9 Å². The van der Waals surface area contributed by atoms with E-state index < -0.39 is 0 Å². The normalized spacial score (nSPS) is 14.3. The van der Waals surface area contributed by atoms with Gasteiger partial charge in [-0.3, -0.25) is 0 Å². The first-order valence-corrected chi connectivity index (χ1v) is 9.74. The van der Waals surface area contributed by atoms with Crippen LogP contribution in [0, 0.1) is 5.41 Å². The van der Waals surface area contributed by atoms with Crippen LogP contribution in [0.5, 0.6) is 5.75 Å². The molecule has 1 aromatic rings. The summed E-state index contributed by atoms with van der Waals surface area (Å²) in [5.74, 6) is 1.13. The molecule has 1 aliphatic rings. The summed E-state index contributed by atoms with van der Waals surface area (Å²) in [4.78, 5) is 0. The topological polar surface area (TPSA) is 9.23 Å². The molecule has 1 aromatic carbocycles. The summed E-state index contributed by atoms with van der Waals surface area (Å²) in [6, 6.07) is 4.41. The molecule has 0 radical (unpaired) electrons. The Morgan fingerprint density at radius 1 is 1.26 bits per heavy atom. The second-order valence-electron chi connectivity index (χ2n) is 5.35. The standard InChI is InChI=1S/C15H19Br3O/c1-2-4-15(9-16,10-17)8-12-7-13(18)6-11-3-5-19-14(11)12/h6-7H,2-5,8-10H2,1H3. The quantitative estimate of drug-likeness (QED) is 0.515. The molecule has 1 nitrogen and oxygen atoms in total. The second kappa shape index (κ2) is 6.95. The van der Waals surface area contributed by atoms with Crippen molar-refractivity contribution in [2.75, 3.05) is 17.3 Å². The zero-order valence-electron chi connectivity index (χ0n) is 11.1. The van der Waals surface area contributed by atoms with Crippen LogP contribution in [0.1, 0.15) is 30.9 Å². The maximum absolute atomic E-state index is 5.85. The van der Waals surface area contributed by atoms with Gasteiger partial charge in [-0.25, -0.2) is 0 Å². The summed E-state index contributed by atoms with van der Waals surface area (Å²) in [5, 5.41) is 2.03. The van der Waals surface area contributed by atoms with Gasteiger partial charge >= 0.3 is 0 Å². The molecular formula is C15H19Br3O. The minimum absolute atomic E-state index is 0.273. The molecule has 0 bridgehead atoms. The van der Waals surface area contributed by atoms with Gasteiger partial charge in [-0.1, -0.05) is 61.1 Å². The van der Waals surface area contributed by atoms with Gasteiger partial charge in [0.2, 0.25) is 0 Å². The van der Waals surface area contributed by atoms with Crippen LogP contribution in [0.15, 0.2) is 16.6 Å². The fraction of sp³-hybridized carbons (Fsp3) is 0.600. The average Bonchev–Trinajstić information content (AvgIpc) is 2.86. The highest BCUT2D eigenvalue weighted by Gasteiger charge is 2.30. The molecule has 106 valence electrons. The maximum atomic E-state index is 5.85. The minimum Gasteiger partial charge on any atom is -0.493 e. The molecule has 2 rings (SSSR count). The Balaban J connectivity index is 2.31. The van der Waals surface area contributed by atoms with Crippen molar-refractivity contribution in [3.05, 3.63) is 27.7 Å². The third kappa shape index (κ3) is 3.56. The van der Waals surface area contributed by atoms with Gasteiger partial charge in [0.25, 0.3) is 0 Å².